The molecule has 1 aromatic carbocycles. The van der Waals surface area contributed by atoms with Crippen molar-refractivity contribution in [3.05, 3.63) is 35.9 Å². The molecule has 2 nitrogen and oxygen atoms in total. The first kappa shape index (κ1) is 22.6. The highest BCUT2D eigenvalue weighted by Gasteiger charge is 2.11. The van der Waals surface area contributed by atoms with Crippen LogP contribution in [0.5, 0.6) is 0 Å². The standard InChI is InChI=1S/C14H22Cl2N2.2ClH/c1-17(13-14-5-3-2-4-6-14)11-12-18(9-7-15)10-8-16;;/h2-6H,7-13H2,1H3;2*1H. The molecule has 1 rings (SSSR count). The molecule has 0 saturated carbocycles. The first-order valence-corrected chi connectivity index (χ1v) is 7.64. The Labute approximate surface area is 145 Å². The predicted octanol–water partition coefficient (Wildman–Crippen LogP) is -5.93. The summed E-state index contributed by atoms with van der Waals surface area (Å²) in [5.41, 5.74) is 1.39. The van der Waals surface area contributed by atoms with Gasteiger partial charge in [-0.25, -0.2) is 0 Å². The zero-order valence-corrected chi connectivity index (χ0v) is 14.9. The van der Waals surface area contributed by atoms with Crippen LogP contribution in [0.4, 0.5) is 0 Å². The third-order valence-electron chi connectivity index (χ3n) is 3.15. The van der Waals surface area contributed by atoms with Crippen molar-refractivity contribution in [3.63, 3.8) is 0 Å². The molecule has 0 aliphatic carbocycles. The summed E-state index contributed by atoms with van der Waals surface area (Å²) in [7, 11) is 2.24. The normalized spacial score (nSPS) is 11.6. The van der Waals surface area contributed by atoms with Gasteiger partial charge in [0.15, 0.2) is 0 Å². The summed E-state index contributed by atoms with van der Waals surface area (Å²) in [6, 6.07) is 10.6. The molecule has 0 saturated heterocycles. The fraction of sp³-hybridized carbons (Fsp3) is 0.571. The van der Waals surface area contributed by atoms with Crippen molar-refractivity contribution in [1.29, 1.82) is 0 Å². The van der Waals surface area contributed by atoms with Gasteiger partial charge in [-0.05, 0) is 0 Å². The number of rotatable bonds is 9. The van der Waals surface area contributed by atoms with E-state index in [1.807, 2.05) is 0 Å². The van der Waals surface area contributed by atoms with E-state index in [1.165, 1.54) is 15.4 Å². The summed E-state index contributed by atoms with van der Waals surface area (Å²) >= 11 is 11.6. The molecule has 0 spiro atoms. The van der Waals surface area contributed by atoms with Gasteiger partial charge in [0.1, 0.15) is 19.6 Å². The molecule has 0 fully saturated rings. The second-order valence-corrected chi connectivity index (χ2v) is 5.50. The highest BCUT2D eigenvalue weighted by atomic mass is 35.5. The molecular formula is C14H24Cl4N2. The fourth-order valence-corrected chi connectivity index (χ4v) is 2.60. The Kier molecular flexibility index (Phi) is 16.1. The molecule has 20 heavy (non-hydrogen) atoms. The van der Waals surface area contributed by atoms with Crippen molar-refractivity contribution >= 4 is 23.2 Å². The molecular weight excluding hydrogens is 338 g/mol. The Balaban J connectivity index is 0. The van der Waals surface area contributed by atoms with Crippen LogP contribution >= 0.6 is 23.2 Å². The number of alkyl halides is 2. The topological polar surface area (TPSA) is 8.88 Å². The molecule has 0 aromatic heterocycles. The Morgan fingerprint density at radius 1 is 0.850 bits per heavy atom. The van der Waals surface area contributed by atoms with Crippen LogP contribution in [0.2, 0.25) is 0 Å². The molecule has 1 atom stereocenters. The minimum atomic E-state index is 0. The maximum absolute atomic E-state index is 5.81. The van der Waals surface area contributed by atoms with Crippen molar-refractivity contribution in [1.82, 2.24) is 0 Å². The molecule has 2 N–H and O–H groups in total. The zero-order chi connectivity index (χ0) is 13.2. The number of likely N-dealkylation sites (N-methyl/N-ethyl adjacent to an activating group) is 1. The average molecular weight is 362 g/mol. The molecule has 0 aliphatic heterocycles. The van der Waals surface area contributed by atoms with Crippen LogP contribution in [0, 0.1) is 0 Å². The van der Waals surface area contributed by atoms with Crippen LogP contribution in [0.15, 0.2) is 30.3 Å². The number of nitrogens with one attached hydrogen (secondary N) is 2. The van der Waals surface area contributed by atoms with E-state index in [9.17, 15) is 0 Å². The quantitative estimate of drug-likeness (QED) is 0.405. The average Bonchev–Trinajstić information content (AvgIpc) is 2.38. The highest BCUT2D eigenvalue weighted by molar-refractivity contribution is 6.18. The summed E-state index contributed by atoms with van der Waals surface area (Å²) in [6.45, 7) is 5.38. The molecule has 0 aliphatic rings. The Bertz CT molecular complexity index is 305. The van der Waals surface area contributed by atoms with E-state index in [2.05, 4.69) is 37.4 Å². The molecule has 1 aromatic rings. The number of quaternary nitrogens is 2. The van der Waals surface area contributed by atoms with Crippen molar-refractivity contribution in [3.8, 4) is 0 Å². The largest absolute Gasteiger partial charge is 1.00 e. The van der Waals surface area contributed by atoms with Crippen molar-refractivity contribution in [2.24, 2.45) is 0 Å². The predicted molar refractivity (Wildman–Crippen MR) is 78.9 cm³/mol. The Morgan fingerprint density at radius 3 is 1.90 bits per heavy atom. The minimum absolute atomic E-state index is 0. The van der Waals surface area contributed by atoms with Gasteiger partial charge in [-0.2, -0.15) is 0 Å². The maximum Gasteiger partial charge on any atom is 0.127 e. The number of benzene rings is 1. The summed E-state index contributed by atoms with van der Waals surface area (Å²) in [4.78, 5) is 3.04. The lowest BCUT2D eigenvalue weighted by atomic mass is 10.2. The first-order valence-electron chi connectivity index (χ1n) is 6.57. The van der Waals surface area contributed by atoms with E-state index in [0.29, 0.717) is 11.8 Å². The molecule has 0 amide bonds. The third kappa shape index (κ3) is 10.1. The maximum atomic E-state index is 5.81. The summed E-state index contributed by atoms with van der Waals surface area (Å²) in [5.74, 6) is 1.42. The molecule has 118 valence electrons. The van der Waals surface area contributed by atoms with Crippen LogP contribution in [0.25, 0.3) is 0 Å². The van der Waals surface area contributed by atoms with Crippen molar-refractivity contribution in [2.45, 2.75) is 6.54 Å². The van der Waals surface area contributed by atoms with Gasteiger partial charge in [-0.15, -0.1) is 23.2 Å². The van der Waals surface area contributed by atoms with E-state index in [0.717, 1.165) is 32.7 Å². The van der Waals surface area contributed by atoms with E-state index in [-0.39, 0.29) is 24.8 Å². The zero-order valence-electron chi connectivity index (χ0n) is 11.8. The second kappa shape index (κ2) is 14.2. The smallest absolute Gasteiger partial charge is 0.127 e. The first-order chi connectivity index (χ1) is 8.76. The van der Waals surface area contributed by atoms with Gasteiger partial charge >= 0.3 is 0 Å². The van der Waals surface area contributed by atoms with Crippen LogP contribution in [-0.4, -0.2) is 45.0 Å². The van der Waals surface area contributed by atoms with Crippen LogP contribution in [0.1, 0.15) is 5.56 Å². The van der Waals surface area contributed by atoms with E-state index in [4.69, 9.17) is 23.2 Å². The van der Waals surface area contributed by atoms with Gasteiger partial charge in [0.2, 0.25) is 0 Å². The monoisotopic (exact) mass is 360 g/mol. The number of hydrogen-bond acceptors (Lipinski definition) is 0. The van der Waals surface area contributed by atoms with Crippen molar-refractivity contribution in [2.75, 3.05) is 45.0 Å². The van der Waals surface area contributed by atoms with Gasteiger partial charge < -0.3 is 34.6 Å². The minimum Gasteiger partial charge on any atom is -1.00 e. The van der Waals surface area contributed by atoms with Gasteiger partial charge in [0.25, 0.3) is 0 Å². The number of halogens is 4. The molecule has 1 unspecified atom stereocenters. The molecule has 6 heteroatoms. The van der Waals surface area contributed by atoms with E-state index in [1.54, 1.807) is 0 Å². The van der Waals surface area contributed by atoms with E-state index >= 15 is 0 Å². The van der Waals surface area contributed by atoms with Crippen LogP contribution in [0.3, 0.4) is 0 Å². The molecule has 0 radical (unpaired) electrons. The van der Waals surface area contributed by atoms with E-state index < -0.39 is 0 Å². The van der Waals surface area contributed by atoms with Gasteiger partial charge in [0.05, 0.1) is 31.9 Å². The van der Waals surface area contributed by atoms with Gasteiger partial charge in [-0.3, -0.25) is 0 Å². The van der Waals surface area contributed by atoms with Crippen LogP contribution in [-0.2, 0) is 6.54 Å². The fourth-order valence-electron chi connectivity index (χ4n) is 2.07. The summed E-state index contributed by atoms with van der Waals surface area (Å²) in [6.07, 6.45) is 0. The lowest BCUT2D eigenvalue weighted by Crippen LogP contribution is -3.19. The highest BCUT2D eigenvalue weighted by Crippen LogP contribution is 1.94. The Hall–Kier alpha value is 0.300. The second-order valence-electron chi connectivity index (χ2n) is 4.75. The third-order valence-corrected chi connectivity index (χ3v) is 3.53. The van der Waals surface area contributed by atoms with Crippen LogP contribution < -0.4 is 34.6 Å². The van der Waals surface area contributed by atoms with Crippen molar-refractivity contribution < 1.29 is 34.6 Å². The Morgan fingerprint density at radius 2 is 1.40 bits per heavy atom. The summed E-state index contributed by atoms with van der Waals surface area (Å²) < 4.78 is 0. The summed E-state index contributed by atoms with van der Waals surface area (Å²) in [5, 5.41) is 0. The lowest BCUT2D eigenvalue weighted by Gasteiger charge is -2.20. The lowest BCUT2D eigenvalue weighted by molar-refractivity contribution is -0.952. The van der Waals surface area contributed by atoms with Gasteiger partial charge in [-0.1, -0.05) is 30.3 Å². The number of hydrogen-bond donors (Lipinski definition) is 2. The molecule has 0 bridgehead atoms. The SMILES string of the molecule is C[NH+](CC[NH+](CCCl)CCCl)Cc1ccccc1.[Cl-].[Cl-]. The molecule has 0 heterocycles. The van der Waals surface area contributed by atoms with Gasteiger partial charge in [0, 0.05) is 5.56 Å².